The molecule has 0 aliphatic rings. The molecule has 0 bridgehead atoms. The first-order valence-electron chi connectivity index (χ1n) is 6.84. The lowest BCUT2D eigenvalue weighted by Crippen LogP contribution is -2.29. The molecule has 0 fully saturated rings. The van der Waals surface area contributed by atoms with Gasteiger partial charge in [0.25, 0.3) is 0 Å². The van der Waals surface area contributed by atoms with Crippen molar-refractivity contribution in [3.8, 4) is 0 Å². The van der Waals surface area contributed by atoms with Gasteiger partial charge in [-0.05, 0) is 50.1 Å². The Labute approximate surface area is 117 Å². The molecule has 1 rings (SSSR count). The number of halogens is 3. The molecule has 5 heteroatoms. The van der Waals surface area contributed by atoms with Crippen molar-refractivity contribution in [3.63, 3.8) is 0 Å². The van der Waals surface area contributed by atoms with Crippen molar-refractivity contribution in [2.75, 3.05) is 6.54 Å². The van der Waals surface area contributed by atoms with Crippen LogP contribution >= 0.6 is 11.3 Å². The van der Waals surface area contributed by atoms with Gasteiger partial charge >= 0.3 is 6.18 Å². The van der Waals surface area contributed by atoms with Crippen LogP contribution in [0.3, 0.4) is 0 Å². The highest BCUT2D eigenvalue weighted by Crippen LogP contribution is 2.23. The van der Waals surface area contributed by atoms with Gasteiger partial charge in [-0.1, -0.05) is 13.0 Å². The summed E-state index contributed by atoms with van der Waals surface area (Å²) in [6.07, 6.45) is -0.849. The molecule has 1 aromatic rings. The smallest absolute Gasteiger partial charge is 0.314 e. The number of alkyl halides is 3. The first-order valence-corrected chi connectivity index (χ1v) is 7.71. The van der Waals surface area contributed by atoms with Crippen molar-refractivity contribution < 1.29 is 13.2 Å². The van der Waals surface area contributed by atoms with Crippen molar-refractivity contribution in [2.45, 2.75) is 57.7 Å². The summed E-state index contributed by atoms with van der Waals surface area (Å²) in [4.78, 5) is 1.35. The van der Waals surface area contributed by atoms with Crippen LogP contribution in [0.25, 0.3) is 0 Å². The number of thiophene rings is 1. The second-order valence-corrected chi connectivity index (χ2v) is 5.77. The maximum absolute atomic E-state index is 12.1. The average molecular weight is 293 g/mol. The summed E-state index contributed by atoms with van der Waals surface area (Å²) in [7, 11) is 0. The summed E-state index contributed by atoms with van der Waals surface area (Å²) in [5, 5.41) is 5.34. The zero-order valence-corrected chi connectivity index (χ0v) is 12.1. The molecular formula is C14H22F3NS. The first-order chi connectivity index (χ1) is 9.01. The van der Waals surface area contributed by atoms with Gasteiger partial charge in [0.15, 0.2) is 0 Å². The van der Waals surface area contributed by atoms with Gasteiger partial charge < -0.3 is 5.32 Å². The van der Waals surface area contributed by atoms with E-state index in [1.54, 1.807) is 11.3 Å². The molecule has 1 heterocycles. The average Bonchev–Trinajstić information content (AvgIpc) is 2.80. The standard InChI is InChI=1S/C14H22F3NS/c1-2-18-12(7-4-10-14(15,16)17)6-3-8-13-9-5-11-19-13/h5,9,11-12,18H,2-4,6-8,10H2,1H3. The quantitative estimate of drug-likeness (QED) is 0.691. The first kappa shape index (κ1) is 16.5. The van der Waals surface area contributed by atoms with E-state index in [-0.39, 0.29) is 12.5 Å². The Morgan fingerprint density at radius 3 is 2.58 bits per heavy atom. The fourth-order valence-electron chi connectivity index (χ4n) is 2.16. The van der Waals surface area contributed by atoms with Gasteiger partial charge in [-0.15, -0.1) is 11.3 Å². The van der Waals surface area contributed by atoms with Crippen LogP contribution < -0.4 is 5.32 Å². The molecular weight excluding hydrogens is 271 g/mol. The second-order valence-electron chi connectivity index (χ2n) is 4.73. The van der Waals surface area contributed by atoms with Crippen LogP contribution in [-0.4, -0.2) is 18.8 Å². The van der Waals surface area contributed by atoms with E-state index in [4.69, 9.17) is 0 Å². The Morgan fingerprint density at radius 1 is 1.26 bits per heavy atom. The van der Waals surface area contributed by atoms with E-state index >= 15 is 0 Å². The van der Waals surface area contributed by atoms with E-state index in [0.29, 0.717) is 6.42 Å². The van der Waals surface area contributed by atoms with Crippen LogP contribution in [0, 0.1) is 0 Å². The third-order valence-electron chi connectivity index (χ3n) is 3.06. The van der Waals surface area contributed by atoms with Crippen molar-refractivity contribution >= 4 is 11.3 Å². The molecule has 0 aliphatic heterocycles. The summed E-state index contributed by atoms with van der Waals surface area (Å²) in [6.45, 7) is 2.81. The minimum atomic E-state index is -4.02. The third kappa shape index (κ3) is 8.26. The molecule has 0 amide bonds. The van der Waals surface area contributed by atoms with Gasteiger partial charge in [0.2, 0.25) is 0 Å². The van der Waals surface area contributed by atoms with Crippen LogP contribution in [0.5, 0.6) is 0 Å². The van der Waals surface area contributed by atoms with Gasteiger partial charge in [0, 0.05) is 17.3 Å². The molecule has 0 saturated carbocycles. The van der Waals surface area contributed by atoms with Crippen molar-refractivity contribution in [2.24, 2.45) is 0 Å². The van der Waals surface area contributed by atoms with E-state index < -0.39 is 12.6 Å². The Balaban J connectivity index is 2.20. The summed E-state index contributed by atoms with van der Waals surface area (Å²) in [5.74, 6) is 0. The molecule has 0 aliphatic carbocycles. The predicted molar refractivity (Wildman–Crippen MR) is 74.6 cm³/mol. The highest BCUT2D eigenvalue weighted by atomic mass is 32.1. The van der Waals surface area contributed by atoms with Crippen molar-refractivity contribution in [1.29, 1.82) is 0 Å². The summed E-state index contributed by atoms with van der Waals surface area (Å²) in [5.41, 5.74) is 0. The number of rotatable bonds is 9. The van der Waals surface area contributed by atoms with Gasteiger partial charge in [-0.25, -0.2) is 0 Å². The van der Waals surface area contributed by atoms with Crippen LogP contribution in [0.1, 0.15) is 43.9 Å². The normalized spacial score (nSPS) is 13.7. The maximum Gasteiger partial charge on any atom is 0.389 e. The fourth-order valence-corrected chi connectivity index (χ4v) is 2.91. The molecule has 0 spiro atoms. The molecule has 19 heavy (non-hydrogen) atoms. The summed E-state index contributed by atoms with van der Waals surface area (Å²) in [6, 6.07) is 4.36. The molecule has 0 saturated heterocycles. The molecule has 1 aromatic heterocycles. The molecule has 1 atom stereocenters. The highest BCUT2D eigenvalue weighted by molar-refractivity contribution is 7.09. The minimum Gasteiger partial charge on any atom is -0.314 e. The maximum atomic E-state index is 12.1. The van der Waals surface area contributed by atoms with Gasteiger partial charge in [-0.3, -0.25) is 0 Å². The Bertz CT molecular complexity index is 322. The van der Waals surface area contributed by atoms with Crippen LogP contribution in [0.15, 0.2) is 17.5 Å². The number of hydrogen-bond acceptors (Lipinski definition) is 2. The largest absolute Gasteiger partial charge is 0.389 e. The monoisotopic (exact) mass is 293 g/mol. The topological polar surface area (TPSA) is 12.0 Å². The van der Waals surface area contributed by atoms with Crippen molar-refractivity contribution in [1.82, 2.24) is 5.32 Å². The SMILES string of the molecule is CCNC(CCCc1cccs1)CCCC(F)(F)F. The number of hydrogen-bond donors (Lipinski definition) is 1. The number of aryl methyl sites for hydroxylation is 1. The predicted octanol–water partition coefficient (Wildman–Crippen LogP) is 4.78. The second kappa shape index (κ2) is 8.59. The molecule has 110 valence electrons. The van der Waals surface area contributed by atoms with Gasteiger partial charge in [0.05, 0.1) is 0 Å². The van der Waals surface area contributed by atoms with E-state index in [9.17, 15) is 13.2 Å². The van der Waals surface area contributed by atoms with E-state index in [1.165, 1.54) is 4.88 Å². The highest BCUT2D eigenvalue weighted by Gasteiger charge is 2.26. The zero-order chi connectivity index (χ0) is 14.1. The molecule has 0 radical (unpaired) electrons. The van der Waals surface area contributed by atoms with E-state index in [0.717, 1.165) is 25.8 Å². The Kier molecular flexibility index (Phi) is 7.46. The van der Waals surface area contributed by atoms with Crippen molar-refractivity contribution in [3.05, 3.63) is 22.4 Å². The van der Waals surface area contributed by atoms with Gasteiger partial charge in [-0.2, -0.15) is 13.2 Å². The van der Waals surface area contributed by atoms with E-state index in [1.807, 2.05) is 13.0 Å². The van der Waals surface area contributed by atoms with Crippen LogP contribution in [-0.2, 0) is 6.42 Å². The van der Waals surface area contributed by atoms with Gasteiger partial charge in [0.1, 0.15) is 0 Å². The lowest BCUT2D eigenvalue weighted by atomic mass is 10.0. The number of nitrogens with one attached hydrogen (secondary N) is 1. The zero-order valence-electron chi connectivity index (χ0n) is 11.3. The minimum absolute atomic E-state index is 0.215. The van der Waals surface area contributed by atoms with Crippen LogP contribution in [0.4, 0.5) is 13.2 Å². The summed E-state index contributed by atoms with van der Waals surface area (Å²) >= 11 is 1.74. The van der Waals surface area contributed by atoms with E-state index in [2.05, 4.69) is 16.8 Å². The molecule has 1 unspecified atom stereocenters. The van der Waals surface area contributed by atoms with Crippen LogP contribution in [0.2, 0.25) is 0 Å². The molecule has 0 aromatic carbocycles. The Hall–Kier alpha value is -0.550. The fraction of sp³-hybridized carbons (Fsp3) is 0.714. The molecule has 1 nitrogen and oxygen atoms in total. The third-order valence-corrected chi connectivity index (χ3v) is 4.00. The summed E-state index contributed by atoms with van der Waals surface area (Å²) < 4.78 is 36.3. The lowest BCUT2D eigenvalue weighted by molar-refractivity contribution is -0.135. The lowest BCUT2D eigenvalue weighted by Gasteiger charge is -2.18. The molecule has 1 N–H and O–H groups in total. The Morgan fingerprint density at radius 2 is 2.00 bits per heavy atom.